The third kappa shape index (κ3) is 1.47. The molecule has 2 N–H and O–H groups in total. The Morgan fingerprint density at radius 3 is 2.79 bits per heavy atom. The summed E-state index contributed by atoms with van der Waals surface area (Å²) in [4.78, 5) is 4.18. The number of imidazole rings is 1. The summed E-state index contributed by atoms with van der Waals surface area (Å²) in [5.74, 6) is 0.715. The van der Waals surface area contributed by atoms with Crippen LogP contribution in [0.5, 0.6) is 0 Å². The van der Waals surface area contributed by atoms with Gasteiger partial charge in [0.05, 0.1) is 16.6 Å². The van der Waals surface area contributed by atoms with Crippen molar-refractivity contribution in [3.05, 3.63) is 34.3 Å². The van der Waals surface area contributed by atoms with Crippen molar-refractivity contribution in [1.82, 2.24) is 9.38 Å². The van der Waals surface area contributed by atoms with Crippen molar-refractivity contribution in [3.8, 4) is 0 Å². The molecule has 2 aromatic heterocycles. The standard InChI is InChI=1S/C9H9Cl2N3/c1-5(12)9-13-8(11)7-3-2-6(10)4-14(7)9/h2-5H,12H2,1H3. The zero-order valence-electron chi connectivity index (χ0n) is 7.54. The molecule has 74 valence electrons. The number of nitrogens with zero attached hydrogens (tertiary/aromatic N) is 2. The van der Waals surface area contributed by atoms with Crippen LogP contribution in [0.4, 0.5) is 0 Å². The lowest BCUT2D eigenvalue weighted by atomic mass is 10.3. The topological polar surface area (TPSA) is 43.3 Å². The van der Waals surface area contributed by atoms with Crippen LogP contribution in [0.15, 0.2) is 18.3 Å². The second-order valence-corrected chi connectivity index (χ2v) is 3.95. The van der Waals surface area contributed by atoms with Crippen molar-refractivity contribution < 1.29 is 0 Å². The third-order valence-electron chi connectivity index (χ3n) is 1.99. The molecular formula is C9H9Cl2N3. The average molecular weight is 230 g/mol. The van der Waals surface area contributed by atoms with Gasteiger partial charge < -0.3 is 5.73 Å². The highest BCUT2D eigenvalue weighted by molar-refractivity contribution is 6.33. The molecule has 5 heteroatoms. The highest BCUT2D eigenvalue weighted by Gasteiger charge is 2.12. The molecule has 0 aliphatic carbocycles. The molecule has 0 aromatic carbocycles. The summed E-state index contributed by atoms with van der Waals surface area (Å²) in [6.45, 7) is 1.85. The number of nitrogens with two attached hydrogens (primary N) is 1. The van der Waals surface area contributed by atoms with Crippen LogP contribution in [-0.2, 0) is 0 Å². The lowest BCUT2D eigenvalue weighted by Gasteiger charge is -2.03. The number of hydrogen-bond acceptors (Lipinski definition) is 2. The van der Waals surface area contributed by atoms with E-state index in [1.807, 2.05) is 17.4 Å². The van der Waals surface area contributed by atoms with E-state index in [1.54, 1.807) is 12.3 Å². The van der Waals surface area contributed by atoms with E-state index in [4.69, 9.17) is 28.9 Å². The monoisotopic (exact) mass is 229 g/mol. The summed E-state index contributed by atoms with van der Waals surface area (Å²) in [6, 6.07) is 3.42. The van der Waals surface area contributed by atoms with Crippen LogP contribution in [0, 0.1) is 0 Å². The Kier molecular flexibility index (Phi) is 2.39. The largest absolute Gasteiger partial charge is 0.322 e. The molecule has 0 amide bonds. The first kappa shape index (κ1) is 9.77. The van der Waals surface area contributed by atoms with E-state index in [2.05, 4.69) is 4.98 Å². The summed E-state index contributed by atoms with van der Waals surface area (Å²) in [7, 11) is 0. The normalized spacial score (nSPS) is 13.4. The Balaban J connectivity index is 2.79. The maximum atomic E-state index is 5.94. The Hall–Kier alpha value is -0.770. The summed E-state index contributed by atoms with van der Waals surface area (Å²) >= 11 is 11.8. The van der Waals surface area contributed by atoms with E-state index in [0.29, 0.717) is 16.0 Å². The van der Waals surface area contributed by atoms with E-state index < -0.39 is 0 Å². The fourth-order valence-corrected chi connectivity index (χ4v) is 1.77. The Morgan fingerprint density at radius 1 is 1.43 bits per heavy atom. The van der Waals surface area contributed by atoms with Gasteiger partial charge in [-0.05, 0) is 19.1 Å². The Morgan fingerprint density at radius 2 is 2.14 bits per heavy atom. The van der Waals surface area contributed by atoms with Gasteiger partial charge in [0.1, 0.15) is 5.82 Å². The van der Waals surface area contributed by atoms with Crippen LogP contribution in [0.3, 0.4) is 0 Å². The van der Waals surface area contributed by atoms with Gasteiger partial charge in [0.2, 0.25) is 0 Å². The Bertz CT molecular complexity index is 476. The molecule has 1 unspecified atom stereocenters. The maximum absolute atomic E-state index is 5.94. The summed E-state index contributed by atoms with van der Waals surface area (Å²) in [5.41, 5.74) is 6.58. The molecule has 0 radical (unpaired) electrons. The van der Waals surface area contributed by atoms with Gasteiger partial charge in [0, 0.05) is 6.20 Å². The first-order valence-electron chi connectivity index (χ1n) is 4.18. The smallest absolute Gasteiger partial charge is 0.155 e. The number of fused-ring (bicyclic) bond motifs is 1. The predicted octanol–water partition coefficient (Wildman–Crippen LogP) is 2.66. The first-order chi connectivity index (χ1) is 6.59. The second kappa shape index (κ2) is 3.42. The van der Waals surface area contributed by atoms with Crippen LogP contribution in [0.25, 0.3) is 5.52 Å². The molecule has 0 aliphatic heterocycles. The van der Waals surface area contributed by atoms with E-state index >= 15 is 0 Å². The predicted molar refractivity (Wildman–Crippen MR) is 57.8 cm³/mol. The van der Waals surface area contributed by atoms with Crippen LogP contribution in [-0.4, -0.2) is 9.38 Å². The molecule has 0 bridgehead atoms. The number of hydrogen-bond donors (Lipinski definition) is 1. The van der Waals surface area contributed by atoms with Gasteiger partial charge in [-0.25, -0.2) is 4.98 Å². The summed E-state index contributed by atoms with van der Waals surface area (Å²) < 4.78 is 1.81. The van der Waals surface area contributed by atoms with Crippen LogP contribution < -0.4 is 5.73 Å². The molecule has 0 fully saturated rings. The van der Waals surface area contributed by atoms with Crippen molar-refractivity contribution in [2.75, 3.05) is 0 Å². The second-order valence-electron chi connectivity index (χ2n) is 3.15. The minimum atomic E-state index is -0.173. The molecule has 2 aromatic rings. The highest BCUT2D eigenvalue weighted by atomic mass is 35.5. The molecule has 0 aliphatic rings. The van der Waals surface area contributed by atoms with Crippen LogP contribution >= 0.6 is 23.2 Å². The zero-order valence-corrected chi connectivity index (χ0v) is 9.05. The number of halogens is 2. The third-order valence-corrected chi connectivity index (χ3v) is 2.49. The molecule has 0 saturated heterocycles. The zero-order chi connectivity index (χ0) is 10.3. The molecule has 0 saturated carbocycles. The van der Waals surface area contributed by atoms with Gasteiger partial charge in [-0.1, -0.05) is 23.2 Å². The summed E-state index contributed by atoms with van der Waals surface area (Å²) in [5, 5.41) is 1.09. The van der Waals surface area contributed by atoms with Crippen molar-refractivity contribution >= 4 is 28.7 Å². The number of rotatable bonds is 1. The van der Waals surface area contributed by atoms with Crippen LogP contribution in [0.1, 0.15) is 18.8 Å². The molecule has 0 spiro atoms. The minimum absolute atomic E-state index is 0.173. The fraction of sp³-hybridized carbons (Fsp3) is 0.222. The molecule has 2 heterocycles. The quantitative estimate of drug-likeness (QED) is 0.818. The molecule has 1 atom stereocenters. The van der Waals surface area contributed by atoms with Crippen molar-refractivity contribution in [3.63, 3.8) is 0 Å². The first-order valence-corrected chi connectivity index (χ1v) is 4.94. The van der Waals surface area contributed by atoms with Crippen LogP contribution in [0.2, 0.25) is 10.2 Å². The number of pyridine rings is 1. The van der Waals surface area contributed by atoms with Crippen molar-refractivity contribution in [2.45, 2.75) is 13.0 Å². The summed E-state index contributed by atoms with van der Waals surface area (Å²) in [6.07, 6.45) is 1.76. The van der Waals surface area contributed by atoms with Gasteiger partial charge in [0.15, 0.2) is 5.15 Å². The SMILES string of the molecule is CC(N)c1nc(Cl)c2ccc(Cl)cn12. The lowest BCUT2D eigenvalue weighted by Crippen LogP contribution is -2.09. The van der Waals surface area contributed by atoms with Crippen molar-refractivity contribution in [2.24, 2.45) is 5.73 Å². The van der Waals surface area contributed by atoms with Gasteiger partial charge >= 0.3 is 0 Å². The highest BCUT2D eigenvalue weighted by Crippen LogP contribution is 2.23. The molecular weight excluding hydrogens is 221 g/mol. The van der Waals surface area contributed by atoms with Gasteiger partial charge in [-0.15, -0.1) is 0 Å². The minimum Gasteiger partial charge on any atom is -0.322 e. The number of aromatic nitrogens is 2. The van der Waals surface area contributed by atoms with E-state index in [-0.39, 0.29) is 6.04 Å². The van der Waals surface area contributed by atoms with Gasteiger partial charge in [-0.2, -0.15) is 0 Å². The molecule has 14 heavy (non-hydrogen) atoms. The molecule has 3 nitrogen and oxygen atoms in total. The lowest BCUT2D eigenvalue weighted by molar-refractivity contribution is 0.736. The molecule has 2 rings (SSSR count). The van der Waals surface area contributed by atoms with E-state index in [0.717, 1.165) is 5.52 Å². The maximum Gasteiger partial charge on any atom is 0.155 e. The van der Waals surface area contributed by atoms with Gasteiger partial charge in [0.25, 0.3) is 0 Å². The van der Waals surface area contributed by atoms with Gasteiger partial charge in [-0.3, -0.25) is 4.40 Å². The van der Waals surface area contributed by atoms with E-state index in [9.17, 15) is 0 Å². The average Bonchev–Trinajstić information content (AvgIpc) is 2.43. The van der Waals surface area contributed by atoms with Crippen molar-refractivity contribution in [1.29, 1.82) is 0 Å². The fourth-order valence-electron chi connectivity index (χ4n) is 1.37. The Labute approximate surface area is 91.4 Å². The van der Waals surface area contributed by atoms with E-state index in [1.165, 1.54) is 0 Å².